The molecule has 0 aromatic heterocycles. The number of carboxylic acids is 5. The third-order valence-corrected chi connectivity index (χ3v) is 2.33. The molecule has 13 nitrogen and oxygen atoms in total. The number of ether oxygens (including phenoxy) is 1. The highest BCUT2D eigenvalue weighted by Gasteiger charge is 2.80. The molecule has 0 fully saturated rings. The molecule has 13 heteroatoms. The van der Waals surface area contributed by atoms with Gasteiger partial charge in [-0.25, -0.2) is 14.4 Å². The molecule has 0 amide bonds. The summed E-state index contributed by atoms with van der Waals surface area (Å²) in [5, 5.41) is 52.1. The first-order valence-electron chi connectivity index (χ1n) is 4.47. The molecule has 21 heavy (non-hydrogen) atoms. The van der Waals surface area contributed by atoms with E-state index in [0.717, 1.165) is 0 Å². The van der Waals surface area contributed by atoms with Gasteiger partial charge in [0.1, 0.15) is 0 Å². The van der Waals surface area contributed by atoms with Gasteiger partial charge in [-0.15, -0.1) is 0 Å². The molecule has 6 N–H and O–H groups in total. The SMILES string of the molecule is O=C(O)OC(C(=O)O)(C(=O)O)C(C(=O)O)(C(=O)O)C(=O)O. The largest absolute Gasteiger partial charge is 0.507 e. The Morgan fingerprint density at radius 2 is 0.857 bits per heavy atom. The zero-order valence-electron chi connectivity index (χ0n) is 9.54. The summed E-state index contributed by atoms with van der Waals surface area (Å²) >= 11 is 0. The van der Waals surface area contributed by atoms with Crippen LogP contribution in [0.1, 0.15) is 0 Å². The highest BCUT2D eigenvalue weighted by molar-refractivity contribution is 6.27. The Kier molecular flexibility index (Phi) is 4.46. The Hall–Kier alpha value is -3.38. The summed E-state index contributed by atoms with van der Waals surface area (Å²) in [6.07, 6.45) is -2.71. The summed E-state index contributed by atoms with van der Waals surface area (Å²) in [5.41, 5.74) is -9.33. The molecule has 0 heterocycles. The van der Waals surface area contributed by atoms with Gasteiger partial charge < -0.3 is 35.4 Å². The van der Waals surface area contributed by atoms with Crippen LogP contribution in [0.5, 0.6) is 0 Å². The Labute approximate surface area is 112 Å². The summed E-state index contributed by atoms with van der Waals surface area (Å²) in [6.45, 7) is 0. The van der Waals surface area contributed by atoms with Crippen molar-refractivity contribution in [3.63, 3.8) is 0 Å². The van der Waals surface area contributed by atoms with Crippen LogP contribution < -0.4 is 0 Å². The predicted molar refractivity (Wildman–Crippen MR) is 52.5 cm³/mol. The molecule has 0 atom stereocenters. The van der Waals surface area contributed by atoms with Crippen LogP contribution in [-0.2, 0) is 28.7 Å². The van der Waals surface area contributed by atoms with E-state index >= 15 is 0 Å². The second-order valence-electron chi connectivity index (χ2n) is 3.32. The standard InChI is InChI=1S/C8H6O13/c9-1(10)7(2(11)12,3(13)14)8(4(15)16,5(17)18)21-6(19)20/h(H,9,10)(H,11,12)(H,13,14)(H,15,16)(H,17,18)(H,19,20). The summed E-state index contributed by atoms with van der Waals surface area (Å²) < 4.78 is 3.39. The Morgan fingerprint density at radius 1 is 0.571 bits per heavy atom. The maximum absolute atomic E-state index is 11.0. The third-order valence-electron chi connectivity index (χ3n) is 2.33. The van der Waals surface area contributed by atoms with E-state index in [1.165, 1.54) is 0 Å². The number of hydrogen-bond acceptors (Lipinski definition) is 7. The van der Waals surface area contributed by atoms with E-state index in [1.54, 1.807) is 0 Å². The molecule has 0 unspecified atom stereocenters. The molecule has 0 aliphatic carbocycles. The molecule has 0 rings (SSSR count). The minimum atomic E-state index is -4.66. The highest BCUT2D eigenvalue weighted by Crippen LogP contribution is 2.38. The van der Waals surface area contributed by atoms with Crippen LogP contribution in [0.25, 0.3) is 0 Å². The van der Waals surface area contributed by atoms with Crippen molar-refractivity contribution in [3.05, 3.63) is 0 Å². The van der Waals surface area contributed by atoms with Gasteiger partial charge in [0.05, 0.1) is 0 Å². The van der Waals surface area contributed by atoms with E-state index in [9.17, 15) is 28.8 Å². The van der Waals surface area contributed by atoms with Crippen molar-refractivity contribution in [1.29, 1.82) is 0 Å². The molecule has 0 saturated carbocycles. The highest BCUT2D eigenvalue weighted by atomic mass is 16.7. The summed E-state index contributed by atoms with van der Waals surface area (Å²) in [5.74, 6) is -14.8. The molecular weight excluding hydrogens is 304 g/mol. The van der Waals surface area contributed by atoms with Gasteiger partial charge in [0.15, 0.2) is 0 Å². The number of hydrogen-bond donors (Lipinski definition) is 6. The second kappa shape index (κ2) is 5.32. The first-order valence-corrected chi connectivity index (χ1v) is 4.47. The van der Waals surface area contributed by atoms with Crippen LogP contribution in [0.15, 0.2) is 0 Å². The molecule has 116 valence electrons. The number of carboxylic acid groups (broad SMARTS) is 6. The topological polar surface area (TPSA) is 233 Å². The maximum atomic E-state index is 11.0. The molecule has 0 aliphatic heterocycles. The van der Waals surface area contributed by atoms with Crippen molar-refractivity contribution in [2.24, 2.45) is 5.41 Å². The van der Waals surface area contributed by atoms with Crippen LogP contribution in [0.4, 0.5) is 4.79 Å². The summed E-state index contributed by atoms with van der Waals surface area (Å²) in [7, 11) is 0. The molecule has 0 aliphatic rings. The molecule has 0 spiro atoms. The van der Waals surface area contributed by atoms with Gasteiger partial charge in [0.2, 0.25) is 0 Å². The minimum Gasteiger partial charge on any atom is -0.480 e. The van der Waals surface area contributed by atoms with Crippen molar-refractivity contribution >= 4 is 36.0 Å². The van der Waals surface area contributed by atoms with E-state index in [-0.39, 0.29) is 0 Å². The van der Waals surface area contributed by atoms with E-state index in [4.69, 9.17) is 30.6 Å². The fourth-order valence-corrected chi connectivity index (χ4v) is 1.43. The van der Waals surface area contributed by atoms with E-state index in [2.05, 4.69) is 4.74 Å². The van der Waals surface area contributed by atoms with Gasteiger partial charge >= 0.3 is 47.0 Å². The molecule has 0 saturated heterocycles. The van der Waals surface area contributed by atoms with Crippen molar-refractivity contribution in [2.75, 3.05) is 0 Å². The maximum Gasteiger partial charge on any atom is 0.507 e. The predicted octanol–water partition coefficient (Wildman–Crippen LogP) is -2.17. The van der Waals surface area contributed by atoms with Crippen molar-refractivity contribution in [3.8, 4) is 0 Å². The minimum absolute atomic E-state index is 2.71. The zero-order valence-corrected chi connectivity index (χ0v) is 9.54. The van der Waals surface area contributed by atoms with Crippen LogP contribution in [-0.4, -0.2) is 72.2 Å². The summed E-state index contributed by atoms with van der Waals surface area (Å²) in [6, 6.07) is 0. The number of rotatable bonds is 7. The molecule has 0 radical (unpaired) electrons. The first-order chi connectivity index (χ1) is 9.38. The smallest absolute Gasteiger partial charge is 0.480 e. The van der Waals surface area contributed by atoms with Crippen molar-refractivity contribution < 1.29 is 64.1 Å². The van der Waals surface area contributed by atoms with E-state index in [0.29, 0.717) is 0 Å². The average molecular weight is 310 g/mol. The van der Waals surface area contributed by atoms with Crippen LogP contribution in [0, 0.1) is 5.41 Å². The van der Waals surface area contributed by atoms with Gasteiger partial charge in [-0.3, -0.25) is 14.4 Å². The first kappa shape index (κ1) is 17.6. The second-order valence-corrected chi connectivity index (χ2v) is 3.32. The van der Waals surface area contributed by atoms with Gasteiger partial charge in [-0.05, 0) is 0 Å². The molecule has 0 bridgehead atoms. The monoisotopic (exact) mass is 310 g/mol. The number of aliphatic carboxylic acids is 5. The Balaban J connectivity index is 6.99. The van der Waals surface area contributed by atoms with Crippen molar-refractivity contribution in [2.45, 2.75) is 5.60 Å². The third kappa shape index (κ3) is 2.15. The van der Waals surface area contributed by atoms with Gasteiger partial charge in [-0.2, -0.15) is 0 Å². The average Bonchev–Trinajstić information content (AvgIpc) is 2.24. The van der Waals surface area contributed by atoms with Gasteiger partial charge in [-0.1, -0.05) is 0 Å². The normalized spacial score (nSPS) is 11.2. The van der Waals surface area contributed by atoms with Crippen LogP contribution in [0.2, 0.25) is 0 Å². The molecular formula is C8H6O13. The Bertz CT molecular complexity index is 492. The van der Waals surface area contributed by atoms with Crippen LogP contribution in [0.3, 0.4) is 0 Å². The lowest BCUT2D eigenvalue weighted by molar-refractivity contribution is -0.214. The lowest BCUT2D eigenvalue weighted by Crippen LogP contribution is -2.71. The van der Waals surface area contributed by atoms with Gasteiger partial charge in [0, 0.05) is 0 Å². The summed E-state index contributed by atoms with van der Waals surface area (Å²) in [4.78, 5) is 65.3. The van der Waals surface area contributed by atoms with Gasteiger partial charge in [0.25, 0.3) is 0 Å². The fourth-order valence-electron chi connectivity index (χ4n) is 1.43. The lowest BCUT2D eigenvalue weighted by atomic mass is 9.71. The molecule has 0 aromatic rings. The van der Waals surface area contributed by atoms with Crippen molar-refractivity contribution in [1.82, 2.24) is 0 Å². The quantitative estimate of drug-likeness (QED) is 0.217. The van der Waals surface area contributed by atoms with Crippen LogP contribution >= 0.6 is 0 Å². The zero-order chi connectivity index (χ0) is 17.2. The number of carbonyl (C=O) groups is 6. The van der Waals surface area contributed by atoms with E-state index < -0.39 is 47.0 Å². The lowest BCUT2D eigenvalue weighted by Gasteiger charge is -2.33. The fraction of sp³-hybridized carbons (Fsp3) is 0.250. The Morgan fingerprint density at radius 3 is 1.00 bits per heavy atom. The van der Waals surface area contributed by atoms with E-state index in [1.807, 2.05) is 0 Å². The molecule has 0 aromatic carbocycles.